The molecule has 3 atom stereocenters. The van der Waals surface area contributed by atoms with Crippen LogP contribution >= 0.6 is 0 Å². The molecule has 2 aliphatic carbocycles. The topological polar surface area (TPSA) is 57.8 Å². The molecule has 0 bridgehead atoms. The highest BCUT2D eigenvalue weighted by Crippen LogP contribution is 2.47. The highest BCUT2D eigenvalue weighted by molar-refractivity contribution is 5.93. The molecule has 2 N–H and O–H groups in total. The third kappa shape index (κ3) is 2.97. The van der Waals surface area contributed by atoms with Crippen molar-refractivity contribution in [2.75, 3.05) is 6.54 Å². The summed E-state index contributed by atoms with van der Waals surface area (Å²) in [5.41, 5.74) is 3.61. The summed E-state index contributed by atoms with van der Waals surface area (Å²) < 4.78 is 0. The van der Waals surface area contributed by atoms with Crippen LogP contribution in [0, 0.1) is 24.7 Å². The summed E-state index contributed by atoms with van der Waals surface area (Å²) in [7, 11) is 0. The molecule has 0 saturated heterocycles. The number of hydrogen-bond donors (Lipinski definition) is 2. The van der Waals surface area contributed by atoms with E-state index >= 15 is 0 Å². The molecular formula is C20H25N3O. The quantitative estimate of drug-likeness (QED) is 0.895. The Morgan fingerprint density at radius 2 is 2.04 bits per heavy atom. The Morgan fingerprint density at radius 3 is 2.88 bits per heavy atom. The summed E-state index contributed by atoms with van der Waals surface area (Å²) in [4.78, 5) is 12.4. The van der Waals surface area contributed by atoms with Crippen molar-refractivity contribution in [3.8, 4) is 11.3 Å². The van der Waals surface area contributed by atoms with Gasteiger partial charge in [-0.05, 0) is 50.0 Å². The Kier molecular flexibility index (Phi) is 4.13. The van der Waals surface area contributed by atoms with Gasteiger partial charge < -0.3 is 5.32 Å². The standard InChI is InChI=1S/C20H25N3O/c1-13-5-7-15(8-6-13)18-11-19(23-22-18)20(24)21-12-16-10-9-14-3-2-4-17(14)16/h5-8,11,14,16-17H,2-4,9-10,12H2,1H3,(H,21,24)(H,22,23)/t14-,16+,17-/m0/s1. The van der Waals surface area contributed by atoms with Crippen molar-refractivity contribution in [1.82, 2.24) is 15.5 Å². The Bertz CT molecular complexity index is 719. The molecular weight excluding hydrogens is 298 g/mol. The van der Waals surface area contributed by atoms with Gasteiger partial charge >= 0.3 is 0 Å². The number of hydrogen-bond acceptors (Lipinski definition) is 2. The van der Waals surface area contributed by atoms with E-state index in [4.69, 9.17) is 0 Å². The summed E-state index contributed by atoms with van der Waals surface area (Å²) in [5, 5.41) is 10.3. The van der Waals surface area contributed by atoms with Crippen molar-refractivity contribution in [3.63, 3.8) is 0 Å². The van der Waals surface area contributed by atoms with Gasteiger partial charge in [-0.3, -0.25) is 9.89 Å². The van der Waals surface area contributed by atoms with Gasteiger partial charge in [0, 0.05) is 12.1 Å². The summed E-state index contributed by atoms with van der Waals surface area (Å²) in [5.74, 6) is 2.39. The largest absolute Gasteiger partial charge is 0.350 e. The first-order valence-corrected chi connectivity index (χ1v) is 9.11. The Morgan fingerprint density at radius 1 is 1.21 bits per heavy atom. The number of carbonyl (C=O) groups excluding carboxylic acids is 1. The number of nitrogens with zero attached hydrogens (tertiary/aromatic N) is 1. The second kappa shape index (κ2) is 6.42. The van der Waals surface area contributed by atoms with Crippen LogP contribution in [0.1, 0.15) is 48.2 Å². The molecule has 2 aliphatic rings. The lowest BCUT2D eigenvalue weighted by molar-refractivity contribution is 0.0938. The molecule has 24 heavy (non-hydrogen) atoms. The van der Waals surface area contributed by atoms with Crippen LogP contribution in [-0.4, -0.2) is 22.6 Å². The lowest BCUT2D eigenvalue weighted by atomic mass is 9.92. The number of H-pyrrole nitrogens is 1. The predicted octanol–water partition coefficient (Wildman–Crippen LogP) is 3.94. The molecule has 4 heteroatoms. The van der Waals surface area contributed by atoms with Crippen molar-refractivity contribution in [2.45, 2.75) is 39.0 Å². The van der Waals surface area contributed by atoms with Crippen LogP contribution < -0.4 is 5.32 Å². The fourth-order valence-electron chi connectivity index (χ4n) is 4.57. The number of amides is 1. The smallest absolute Gasteiger partial charge is 0.269 e. The zero-order valence-electron chi connectivity index (χ0n) is 14.2. The van der Waals surface area contributed by atoms with Crippen LogP contribution in [-0.2, 0) is 0 Å². The third-order valence-corrected chi connectivity index (χ3v) is 5.93. The molecule has 4 nitrogen and oxygen atoms in total. The van der Waals surface area contributed by atoms with Gasteiger partial charge in [0.2, 0.25) is 0 Å². The number of aryl methyl sites for hydroxylation is 1. The molecule has 1 heterocycles. The van der Waals surface area contributed by atoms with Crippen molar-refractivity contribution in [3.05, 3.63) is 41.6 Å². The predicted molar refractivity (Wildman–Crippen MR) is 94.6 cm³/mol. The first-order chi connectivity index (χ1) is 11.7. The normalized spacial score (nSPS) is 25.6. The van der Waals surface area contributed by atoms with Crippen LogP contribution in [0.15, 0.2) is 30.3 Å². The lowest BCUT2D eigenvalue weighted by Crippen LogP contribution is -2.31. The van der Waals surface area contributed by atoms with Gasteiger partial charge in [-0.2, -0.15) is 5.10 Å². The molecule has 1 aromatic carbocycles. The van der Waals surface area contributed by atoms with Crippen molar-refractivity contribution in [1.29, 1.82) is 0 Å². The van der Waals surface area contributed by atoms with E-state index in [-0.39, 0.29) is 5.91 Å². The molecule has 2 fully saturated rings. The van der Waals surface area contributed by atoms with Crippen LogP contribution in [0.4, 0.5) is 0 Å². The van der Waals surface area contributed by atoms with Gasteiger partial charge in [-0.25, -0.2) is 0 Å². The number of aromatic nitrogens is 2. The van der Waals surface area contributed by atoms with Gasteiger partial charge in [0.15, 0.2) is 0 Å². The molecule has 1 amide bonds. The minimum atomic E-state index is -0.0395. The molecule has 2 aromatic rings. The van der Waals surface area contributed by atoms with Gasteiger partial charge in [0.05, 0.1) is 5.69 Å². The molecule has 0 unspecified atom stereocenters. The highest BCUT2D eigenvalue weighted by atomic mass is 16.1. The first kappa shape index (κ1) is 15.4. The zero-order chi connectivity index (χ0) is 16.5. The second-order valence-electron chi connectivity index (χ2n) is 7.44. The third-order valence-electron chi connectivity index (χ3n) is 5.93. The maximum absolute atomic E-state index is 12.4. The molecule has 4 rings (SSSR count). The minimum absolute atomic E-state index is 0.0395. The lowest BCUT2D eigenvalue weighted by Gasteiger charge is -2.18. The average molecular weight is 323 g/mol. The van der Waals surface area contributed by atoms with Gasteiger partial charge in [0.25, 0.3) is 5.91 Å². The minimum Gasteiger partial charge on any atom is -0.350 e. The van der Waals surface area contributed by atoms with Gasteiger partial charge in [-0.1, -0.05) is 42.7 Å². The summed E-state index contributed by atoms with van der Waals surface area (Å²) >= 11 is 0. The van der Waals surface area contributed by atoms with E-state index in [9.17, 15) is 4.79 Å². The van der Waals surface area contributed by atoms with E-state index in [1.54, 1.807) is 0 Å². The van der Waals surface area contributed by atoms with Crippen LogP contribution in [0.3, 0.4) is 0 Å². The van der Waals surface area contributed by atoms with Gasteiger partial charge in [-0.15, -0.1) is 0 Å². The molecule has 2 saturated carbocycles. The molecule has 126 valence electrons. The second-order valence-corrected chi connectivity index (χ2v) is 7.44. The summed E-state index contributed by atoms with van der Waals surface area (Å²) in [6, 6.07) is 10.0. The molecule has 0 radical (unpaired) electrons. The van der Waals surface area contributed by atoms with Crippen molar-refractivity contribution < 1.29 is 4.79 Å². The van der Waals surface area contributed by atoms with E-state index in [0.717, 1.165) is 29.6 Å². The number of benzene rings is 1. The van der Waals surface area contributed by atoms with Crippen LogP contribution in [0.5, 0.6) is 0 Å². The monoisotopic (exact) mass is 323 g/mol. The molecule has 1 aromatic heterocycles. The fraction of sp³-hybridized carbons (Fsp3) is 0.500. The highest BCUT2D eigenvalue weighted by Gasteiger charge is 2.38. The zero-order valence-corrected chi connectivity index (χ0v) is 14.2. The van der Waals surface area contributed by atoms with E-state index in [2.05, 4.69) is 34.6 Å². The van der Waals surface area contributed by atoms with Crippen LogP contribution in [0.25, 0.3) is 11.3 Å². The first-order valence-electron chi connectivity index (χ1n) is 9.11. The Hall–Kier alpha value is -2.10. The SMILES string of the molecule is Cc1ccc(-c2cc(C(=O)NC[C@H]3CC[C@@H]4CCC[C@@H]43)[nH]n2)cc1. The Balaban J connectivity index is 1.37. The van der Waals surface area contributed by atoms with E-state index in [1.807, 2.05) is 18.2 Å². The summed E-state index contributed by atoms with van der Waals surface area (Å²) in [6.45, 7) is 2.87. The van der Waals surface area contributed by atoms with Crippen LogP contribution in [0.2, 0.25) is 0 Å². The molecule has 0 spiro atoms. The maximum atomic E-state index is 12.4. The number of carbonyl (C=O) groups is 1. The van der Waals surface area contributed by atoms with E-state index < -0.39 is 0 Å². The Labute approximate surface area is 143 Å². The fourth-order valence-corrected chi connectivity index (χ4v) is 4.57. The number of fused-ring (bicyclic) bond motifs is 1. The molecule has 0 aliphatic heterocycles. The van der Waals surface area contributed by atoms with E-state index in [0.29, 0.717) is 11.6 Å². The van der Waals surface area contributed by atoms with Crippen molar-refractivity contribution >= 4 is 5.91 Å². The maximum Gasteiger partial charge on any atom is 0.269 e. The number of rotatable bonds is 4. The van der Waals surface area contributed by atoms with E-state index in [1.165, 1.54) is 37.7 Å². The average Bonchev–Trinajstić information content (AvgIpc) is 3.30. The van der Waals surface area contributed by atoms with Gasteiger partial charge in [0.1, 0.15) is 5.69 Å². The number of aromatic amines is 1. The summed E-state index contributed by atoms with van der Waals surface area (Å²) in [6.07, 6.45) is 6.75. The van der Waals surface area contributed by atoms with Crippen molar-refractivity contribution in [2.24, 2.45) is 17.8 Å². The number of nitrogens with one attached hydrogen (secondary N) is 2.